The first-order valence-electron chi connectivity index (χ1n) is 10.4. The van der Waals surface area contributed by atoms with Crippen LogP contribution in [-0.4, -0.2) is 40.7 Å². The van der Waals surface area contributed by atoms with E-state index in [2.05, 4.69) is 28.1 Å². The van der Waals surface area contributed by atoms with Crippen molar-refractivity contribution in [3.63, 3.8) is 0 Å². The number of piperidine rings is 1. The highest BCUT2D eigenvalue weighted by molar-refractivity contribution is 7.99. The van der Waals surface area contributed by atoms with Crippen LogP contribution in [0.15, 0.2) is 47.6 Å². The Kier molecular flexibility index (Phi) is 9.25. The number of carbonyl (C=O) groups is 1. The van der Waals surface area contributed by atoms with Crippen molar-refractivity contribution in [2.45, 2.75) is 37.0 Å². The summed E-state index contributed by atoms with van der Waals surface area (Å²) < 4.78 is 0. The fourth-order valence-corrected chi connectivity index (χ4v) is 5.72. The Hall–Kier alpha value is -1.96. The number of anilines is 1. The summed E-state index contributed by atoms with van der Waals surface area (Å²) in [6.45, 7) is 1.47. The van der Waals surface area contributed by atoms with Gasteiger partial charge in [-0.1, -0.05) is 6.07 Å². The first kappa shape index (κ1) is 26.3. The third-order valence-electron chi connectivity index (χ3n) is 6.56. The number of nitrogens with one attached hydrogen (secondary N) is 1. The number of carboxylic acids is 1. The number of thioether (sulfide) groups is 1. The molecule has 1 atom stereocenters. The first-order chi connectivity index (χ1) is 14.5. The molecule has 0 saturated carbocycles. The lowest BCUT2D eigenvalue weighted by Gasteiger charge is -2.39. The summed E-state index contributed by atoms with van der Waals surface area (Å²) in [5, 5.41) is 17.8. The molecule has 0 bridgehead atoms. The number of aryl methyl sites for hydroxylation is 1. The molecule has 4 N–H and O–H groups in total. The molecule has 1 aromatic carbocycles. The van der Waals surface area contributed by atoms with Gasteiger partial charge in [-0.25, -0.2) is 0 Å². The average Bonchev–Trinajstić information content (AvgIpc) is 2.78. The van der Waals surface area contributed by atoms with Gasteiger partial charge in [0.05, 0.1) is 11.3 Å². The van der Waals surface area contributed by atoms with Gasteiger partial charge in [-0.3, -0.25) is 15.2 Å². The lowest BCUT2D eigenvalue weighted by molar-refractivity contribution is -0.148. The van der Waals surface area contributed by atoms with Gasteiger partial charge in [0.1, 0.15) is 0 Å². The molecule has 0 spiro atoms. The Morgan fingerprint density at radius 3 is 2.50 bits per heavy atom. The van der Waals surface area contributed by atoms with Gasteiger partial charge < -0.3 is 15.7 Å². The van der Waals surface area contributed by atoms with Crippen LogP contribution in [0.25, 0.3) is 0 Å². The van der Waals surface area contributed by atoms with E-state index in [0.717, 1.165) is 42.9 Å². The van der Waals surface area contributed by atoms with E-state index in [1.165, 1.54) is 11.1 Å². The van der Waals surface area contributed by atoms with Crippen molar-refractivity contribution in [3.8, 4) is 0 Å². The van der Waals surface area contributed by atoms with Gasteiger partial charge in [-0.2, -0.15) is 0 Å². The van der Waals surface area contributed by atoms with Gasteiger partial charge in [0.25, 0.3) is 0 Å². The molecular weight excluding hydrogens is 467 g/mol. The minimum absolute atomic E-state index is 0. The zero-order chi connectivity index (χ0) is 21.1. The molecule has 6 nitrogen and oxygen atoms in total. The highest BCUT2D eigenvalue weighted by Gasteiger charge is 2.41. The molecular formula is C23H30Cl2N4O2S. The lowest BCUT2D eigenvalue weighted by Crippen LogP contribution is -2.46. The average molecular weight is 497 g/mol. The van der Waals surface area contributed by atoms with E-state index in [9.17, 15) is 9.90 Å². The van der Waals surface area contributed by atoms with Crippen LogP contribution < -0.4 is 10.6 Å². The minimum Gasteiger partial charge on any atom is -0.481 e. The maximum Gasteiger partial charge on any atom is 0.310 e. The van der Waals surface area contributed by atoms with Crippen LogP contribution in [0.2, 0.25) is 0 Å². The zero-order valence-corrected chi connectivity index (χ0v) is 20.3. The molecule has 2 aromatic rings. The van der Waals surface area contributed by atoms with Gasteiger partial charge in [0, 0.05) is 47.7 Å². The second kappa shape index (κ2) is 11.3. The second-order valence-electron chi connectivity index (χ2n) is 8.39. The summed E-state index contributed by atoms with van der Waals surface area (Å²) in [6.07, 6.45) is 7.52. The molecule has 1 unspecified atom stereocenters. The van der Waals surface area contributed by atoms with Crippen LogP contribution >= 0.6 is 36.6 Å². The number of aliphatic carboxylic acids is 1. The van der Waals surface area contributed by atoms with E-state index in [-0.39, 0.29) is 36.6 Å². The fourth-order valence-electron chi connectivity index (χ4n) is 4.48. The van der Waals surface area contributed by atoms with Gasteiger partial charge in [0.15, 0.2) is 0 Å². The summed E-state index contributed by atoms with van der Waals surface area (Å²) in [4.78, 5) is 19.6. The van der Waals surface area contributed by atoms with Crippen molar-refractivity contribution in [3.05, 3.63) is 53.9 Å². The van der Waals surface area contributed by atoms with Crippen molar-refractivity contribution in [1.29, 1.82) is 5.41 Å². The van der Waals surface area contributed by atoms with Crippen LogP contribution in [0.1, 0.15) is 30.4 Å². The van der Waals surface area contributed by atoms with E-state index >= 15 is 0 Å². The third-order valence-corrected chi connectivity index (χ3v) is 7.85. The van der Waals surface area contributed by atoms with Crippen molar-refractivity contribution >= 4 is 54.1 Å². The Labute approximate surface area is 205 Å². The lowest BCUT2D eigenvalue weighted by atomic mass is 9.80. The molecule has 4 rings (SSSR count). The number of hydrogen-bond acceptors (Lipinski definition) is 5. The quantitative estimate of drug-likeness (QED) is 0.310. The summed E-state index contributed by atoms with van der Waals surface area (Å²) in [7, 11) is 0. The van der Waals surface area contributed by atoms with Crippen molar-refractivity contribution in [2.24, 2.45) is 17.1 Å². The molecule has 1 aromatic heterocycles. The van der Waals surface area contributed by atoms with E-state index in [1.807, 2.05) is 12.1 Å². The monoisotopic (exact) mass is 496 g/mol. The SMILES string of the molecule is Cl.Cl.N=C(N)C1CCc2ccc(SCC3(C(=O)O)CCN(c4ccncc4)CC3)cc2C1. The summed E-state index contributed by atoms with van der Waals surface area (Å²) in [5.74, 6) is 0.269. The molecule has 0 amide bonds. The standard InChI is InChI=1S/C23H28N4O2S.2ClH/c24-21(25)17-2-1-16-3-4-20(14-18(16)13-17)30-15-23(22(28)29)7-11-27(12-8-23)19-5-9-26-10-6-19;;/h3-6,9-10,14,17H,1-2,7-8,11-13,15H2,(H3,24,25)(H,28,29);2*1H. The third kappa shape index (κ3) is 5.69. The van der Waals surface area contributed by atoms with Crippen LogP contribution in [0.5, 0.6) is 0 Å². The summed E-state index contributed by atoms with van der Waals surface area (Å²) >= 11 is 1.64. The Bertz CT molecular complexity index is 937. The Balaban J connectivity index is 0.00000181. The minimum atomic E-state index is -0.702. The first-order valence-corrected chi connectivity index (χ1v) is 11.4. The number of rotatable bonds is 6. The highest BCUT2D eigenvalue weighted by atomic mass is 35.5. The second-order valence-corrected chi connectivity index (χ2v) is 9.44. The topological polar surface area (TPSA) is 103 Å². The molecule has 1 aliphatic carbocycles. The van der Waals surface area contributed by atoms with Crippen LogP contribution in [0.3, 0.4) is 0 Å². The number of pyridine rings is 1. The molecule has 9 heteroatoms. The predicted octanol–water partition coefficient (Wildman–Crippen LogP) is 4.43. The largest absolute Gasteiger partial charge is 0.481 e. The van der Waals surface area contributed by atoms with Gasteiger partial charge in [-0.05, 0) is 67.5 Å². The van der Waals surface area contributed by atoms with E-state index in [1.54, 1.807) is 24.2 Å². The number of nitrogens with two attached hydrogens (primary N) is 1. The molecule has 1 aliphatic heterocycles. The van der Waals surface area contributed by atoms with Crippen molar-refractivity contribution < 1.29 is 9.90 Å². The van der Waals surface area contributed by atoms with Crippen molar-refractivity contribution in [2.75, 3.05) is 23.7 Å². The zero-order valence-electron chi connectivity index (χ0n) is 17.8. The van der Waals surface area contributed by atoms with Crippen LogP contribution in [-0.2, 0) is 17.6 Å². The molecule has 2 aliphatic rings. The number of fused-ring (bicyclic) bond motifs is 1. The number of halogens is 2. The van der Waals surface area contributed by atoms with E-state index in [0.29, 0.717) is 18.6 Å². The summed E-state index contributed by atoms with van der Waals surface area (Å²) in [6, 6.07) is 10.4. The molecule has 1 saturated heterocycles. The number of carboxylic acid groups (broad SMARTS) is 1. The number of aromatic nitrogens is 1. The van der Waals surface area contributed by atoms with Gasteiger partial charge >= 0.3 is 5.97 Å². The van der Waals surface area contributed by atoms with E-state index < -0.39 is 11.4 Å². The molecule has 174 valence electrons. The molecule has 32 heavy (non-hydrogen) atoms. The fraction of sp³-hybridized carbons (Fsp3) is 0.435. The molecule has 1 fully saturated rings. The van der Waals surface area contributed by atoms with E-state index in [4.69, 9.17) is 11.1 Å². The maximum absolute atomic E-state index is 12.2. The van der Waals surface area contributed by atoms with Crippen molar-refractivity contribution in [1.82, 2.24) is 4.98 Å². The number of amidine groups is 1. The predicted molar refractivity (Wildman–Crippen MR) is 135 cm³/mol. The highest BCUT2D eigenvalue weighted by Crippen LogP contribution is 2.39. The van der Waals surface area contributed by atoms with Crippen LogP contribution in [0.4, 0.5) is 5.69 Å². The Morgan fingerprint density at radius 2 is 1.88 bits per heavy atom. The number of hydrogen-bond donors (Lipinski definition) is 3. The smallest absolute Gasteiger partial charge is 0.310 e. The number of benzene rings is 1. The van der Waals surface area contributed by atoms with Gasteiger partial charge in [0.2, 0.25) is 0 Å². The Morgan fingerprint density at radius 1 is 1.19 bits per heavy atom. The molecule has 2 heterocycles. The summed E-state index contributed by atoms with van der Waals surface area (Å²) in [5.41, 5.74) is 8.71. The number of nitrogens with zero attached hydrogens (tertiary/aromatic N) is 2. The maximum atomic E-state index is 12.2. The van der Waals surface area contributed by atoms with Crippen LogP contribution in [0, 0.1) is 16.7 Å². The molecule has 0 radical (unpaired) electrons. The van der Waals surface area contributed by atoms with Gasteiger partial charge in [-0.15, -0.1) is 36.6 Å². The normalized spacial score (nSPS) is 19.1.